The minimum Gasteiger partial charge on any atom is -0.370 e. The Kier molecular flexibility index (Phi) is 4.77. The summed E-state index contributed by atoms with van der Waals surface area (Å²) in [4.78, 5) is 18.5. The lowest BCUT2D eigenvalue weighted by Gasteiger charge is -2.30. The Balaban J connectivity index is 1.96. The van der Waals surface area contributed by atoms with Crippen LogP contribution >= 0.6 is 0 Å². The van der Waals surface area contributed by atoms with Crippen LogP contribution in [0.1, 0.15) is 43.1 Å². The van der Waals surface area contributed by atoms with Gasteiger partial charge in [0.25, 0.3) is 5.91 Å². The second-order valence-electron chi connectivity index (χ2n) is 5.32. The first-order valence-electron chi connectivity index (χ1n) is 7.17. The van der Waals surface area contributed by atoms with Gasteiger partial charge in [0, 0.05) is 20.1 Å². The zero-order chi connectivity index (χ0) is 13.7. The molecular weight excluding hydrogens is 238 g/mol. The summed E-state index contributed by atoms with van der Waals surface area (Å²) in [6.07, 6.45) is 4.86. The van der Waals surface area contributed by atoms with Crippen LogP contribution in [0.4, 0.5) is 5.82 Å². The number of hydrogen-bond acceptors (Lipinski definition) is 3. The monoisotopic (exact) mass is 261 g/mol. The molecular formula is C15H23N3O. The molecule has 1 heterocycles. The first kappa shape index (κ1) is 13.8. The zero-order valence-corrected chi connectivity index (χ0v) is 11.9. The van der Waals surface area contributed by atoms with E-state index in [-0.39, 0.29) is 5.91 Å². The van der Waals surface area contributed by atoms with Gasteiger partial charge in [-0.2, -0.15) is 0 Å². The van der Waals surface area contributed by atoms with Crippen LogP contribution in [0.5, 0.6) is 0 Å². The number of rotatable bonds is 6. The second kappa shape index (κ2) is 6.55. The first-order valence-corrected chi connectivity index (χ1v) is 7.17. The molecule has 0 saturated heterocycles. The largest absolute Gasteiger partial charge is 0.370 e. The van der Waals surface area contributed by atoms with Crippen LogP contribution in [-0.4, -0.2) is 35.9 Å². The molecule has 1 aliphatic carbocycles. The Morgan fingerprint density at radius 1 is 1.47 bits per heavy atom. The molecule has 0 aromatic carbocycles. The van der Waals surface area contributed by atoms with Crippen LogP contribution in [0.15, 0.2) is 18.2 Å². The Bertz CT molecular complexity index is 429. The number of carbonyl (C=O) groups excluding carboxylic acids is 1. The Hall–Kier alpha value is -1.58. The maximum Gasteiger partial charge on any atom is 0.272 e. The normalized spacial score (nSPS) is 14.8. The van der Waals surface area contributed by atoms with Crippen molar-refractivity contribution in [2.45, 2.75) is 32.6 Å². The second-order valence-corrected chi connectivity index (χ2v) is 5.32. The summed E-state index contributed by atoms with van der Waals surface area (Å²) in [6.45, 7) is 3.84. The third kappa shape index (κ3) is 3.69. The Morgan fingerprint density at radius 2 is 2.26 bits per heavy atom. The first-order chi connectivity index (χ1) is 9.20. The summed E-state index contributed by atoms with van der Waals surface area (Å²) >= 11 is 0. The number of aromatic nitrogens is 1. The predicted molar refractivity (Wildman–Crippen MR) is 77.3 cm³/mol. The van der Waals surface area contributed by atoms with E-state index in [0.717, 1.165) is 25.3 Å². The van der Waals surface area contributed by atoms with Gasteiger partial charge in [-0.25, -0.2) is 4.98 Å². The molecule has 0 aliphatic heterocycles. The number of carbonyl (C=O) groups is 1. The summed E-state index contributed by atoms with van der Waals surface area (Å²) in [6, 6.07) is 5.57. The molecule has 0 radical (unpaired) electrons. The minimum absolute atomic E-state index is 0.0204. The third-order valence-corrected chi connectivity index (χ3v) is 3.63. The van der Waals surface area contributed by atoms with Gasteiger partial charge in [-0.3, -0.25) is 4.79 Å². The molecule has 4 nitrogen and oxygen atoms in total. The van der Waals surface area contributed by atoms with Gasteiger partial charge >= 0.3 is 0 Å². The van der Waals surface area contributed by atoms with Crippen molar-refractivity contribution < 1.29 is 4.79 Å². The molecule has 1 aromatic rings. The summed E-state index contributed by atoms with van der Waals surface area (Å²) in [5.74, 6) is 1.49. The van der Waals surface area contributed by atoms with Crippen LogP contribution in [0.25, 0.3) is 0 Å². The quantitative estimate of drug-likeness (QED) is 0.856. The molecule has 1 fully saturated rings. The molecule has 1 N–H and O–H groups in total. The minimum atomic E-state index is 0.0204. The summed E-state index contributed by atoms with van der Waals surface area (Å²) < 4.78 is 0. The molecule has 1 saturated carbocycles. The van der Waals surface area contributed by atoms with Crippen molar-refractivity contribution in [2.75, 3.05) is 25.5 Å². The fourth-order valence-electron chi connectivity index (χ4n) is 2.25. The molecule has 1 amide bonds. The highest BCUT2D eigenvalue weighted by Crippen LogP contribution is 2.27. The van der Waals surface area contributed by atoms with E-state index in [9.17, 15) is 4.79 Å². The molecule has 2 rings (SSSR count). The van der Waals surface area contributed by atoms with Crippen molar-refractivity contribution in [3.63, 3.8) is 0 Å². The lowest BCUT2D eigenvalue weighted by atomic mass is 9.85. The van der Waals surface area contributed by atoms with E-state index < -0.39 is 0 Å². The van der Waals surface area contributed by atoms with Gasteiger partial charge < -0.3 is 10.2 Å². The van der Waals surface area contributed by atoms with Crippen molar-refractivity contribution in [1.29, 1.82) is 0 Å². The van der Waals surface area contributed by atoms with Gasteiger partial charge in [-0.1, -0.05) is 19.4 Å². The summed E-state index contributed by atoms with van der Waals surface area (Å²) in [5, 5.41) is 3.21. The summed E-state index contributed by atoms with van der Waals surface area (Å²) in [7, 11) is 1.87. The maximum atomic E-state index is 12.3. The van der Waals surface area contributed by atoms with Crippen molar-refractivity contribution in [3.05, 3.63) is 23.9 Å². The van der Waals surface area contributed by atoms with Crippen LogP contribution in [-0.2, 0) is 0 Å². The molecule has 0 spiro atoms. The van der Waals surface area contributed by atoms with Gasteiger partial charge in [-0.05, 0) is 37.3 Å². The van der Waals surface area contributed by atoms with Crippen molar-refractivity contribution >= 4 is 11.7 Å². The van der Waals surface area contributed by atoms with Gasteiger partial charge in [0.05, 0.1) is 0 Å². The Labute approximate surface area is 115 Å². The predicted octanol–water partition coefficient (Wildman–Crippen LogP) is 2.78. The fraction of sp³-hybridized carbons (Fsp3) is 0.600. The van der Waals surface area contributed by atoms with Crippen molar-refractivity contribution in [1.82, 2.24) is 9.88 Å². The average molecular weight is 261 g/mol. The molecule has 0 bridgehead atoms. The highest BCUT2D eigenvalue weighted by Gasteiger charge is 2.22. The highest BCUT2D eigenvalue weighted by molar-refractivity contribution is 5.92. The van der Waals surface area contributed by atoms with E-state index in [1.807, 2.05) is 19.2 Å². The van der Waals surface area contributed by atoms with E-state index in [2.05, 4.69) is 17.2 Å². The highest BCUT2D eigenvalue weighted by atomic mass is 16.2. The molecule has 1 aliphatic rings. The number of anilines is 1. The van der Waals surface area contributed by atoms with Crippen molar-refractivity contribution in [2.24, 2.45) is 5.92 Å². The van der Waals surface area contributed by atoms with Gasteiger partial charge in [0.1, 0.15) is 11.5 Å². The number of nitrogens with one attached hydrogen (secondary N) is 1. The Morgan fingerprint density at radius 3 is 2.89 bits per heavy atom. The zero-order valence-electron chi connectivity index (χ0n) is 11.9. The summed E-state index contributed by atoms with van der Waals surface area (Å²) in [5.41, 5.74) is 0.530. The standard InChI is InChI=1S/C15H23N3O/c1-3-10-16-14-9-5-8-13(17-14)15(19)18(2)11-12-6-4-7-12/h5,8-9,12H,3-4,6-7,10-11H2,1-2H3,(H,16,17). The number of pyridine rings is 1. The SMILES string of the molecule is CCCNc1cccc(C(=O)N(C)CC2CCC2)n1. The van der Waals surface area contributed by atoms with Gasteiger partial charge in [0.2, 0.25) is 0 Å². The van der Waals surface area contributed by atoms with Crippen LogP contribution < -0.4 is 5.32 Å². The van der Waals surface area contributed by atoms with Gasteiger partial charge in [0.15, 0.2) is 0 Å². The van der Waals surface area contributed by atoms with Crippen molar-refractivity contribution in [3.8, 4) is 0 Å². The molecule has 19 heavy (non-hydrogen) atoms. The third-order valence-electron chi connectivity index (χ3n) is 3.63. The van der Waals surface area contributed by atoms with Crippen LogP contribution in [0.2, 0.25) is 0 Å². The van der Waals surface area contributed by atoms with E-state index in [1.165, 1.54) is 19.3 Å². The number of hydrogen-bond donors (Lipinski definition) is 1. The molecule has 1 aromatic heterocycles. The van der Waals surface area contributed by atoms with Crippen LogP contribution in [0, 0.1) is 5.92 Å². The number of amides is 1. The van der Waals surface area contributed by atoms with Gasteiger partial charge in [-0.15, -0.1) is 0 Å². The average Bonchev–Trinajstić information content (AvgIpc) is 2.39. The number of nitrogens with zero attached hydrogens (tertiary/aromatic N) is 2. The van der Waals surface area contributed by atoms with E-state index in [0.29, 0.717) is 11.6 Å². The van der Waals surface area contributed by atoms with E-state index >= 15 is 0 Å². The molecule has 4 heteroatoms. The lowest BCUT2D eigenvalue weighted by Crippen LogP contribution is -2.34. The van der Waals surface area contributed by atoms with E-state index in [1.54, 1.807) is 11.0 Å². The van der Waals surface area contributed by atoms with E-state index in [4.69, 9.17) is 0 Å². The molecule has 104 valence electrons. The van der Waals surface area contributed by atoms with Crippen LogP contribution in [0.3, 0.4) is 0 Å². The smallest absolute Gasteiger partial charge is 0.272 e. The fourth-order valence-corrected chi connectivity index (χ4v) is 2.25. The molecule has 0 unspecified atom stereocenters. The molecule has 0 atom stereocenters. The topological polar surface area (TPSA) is 45.2 Å². The maximum absolute atomic E-state index is 12.3. The lowest BCUT2D eigenvalue weighted by molar-refractivity contribution is 0.0739.